The van der Waals surface area contributed by atoms with Crippen molar-refractivity contribution in [1.82, 2.24) is 0 Å². The van der Waals surface area contributed by atoms with Crippen molar-refractivity contribution in [2.24, 2.45) is 0 Å². The van der Waals surface area contributed by atoms with Crippen molar-refractivity contribution in [1.29, 1.82) is 0 Å². The van der Waals surface area contributed by atoms with Gasteiger partial charge in [-0.3, -0.25) is 4.79 Å². The van der Waals surface area contributed by atoms with Gasteiger partial charge >= 0.3 is 0 Å². The van der Waals surface area contributed by atoms with Gasteiger partial charge in [0.15, 0.2) is 0 Å². The Kier molecular flexibility index (Phi) is 3.10. The van der Waals surface area contributed by atoms with Crippen molar-refractivity contribution in [3.05, 3.63) is 27.7 Å². The molecule has 16 heavy (non-hydrogen) atoms. The third-order valence-corrected chi connectivity index (χ3v) is 3.33. The first kappa shape index (κ1) is 11.7. The first-order valence-corrected chi connectivity index (χ1v) is 5.68. The number of amides is 1. The standard InChI is InChI=1S/C11H11Cl2NO2/c1-6-2-10(9(13)4-8(6)12)14-5-7(15)3-11(14)16/h2,4,7,15H,3,5H2,1H3. The minimum atomic E-state index is -0.612. The molecule has 0 spiro atoms. The number of rotatable bonds is 1. The summed E-state index contributed by atoms with van der Waals surface area (Å²) < 4.78 is 0. The molecule has 1 amide bonds. The maximum absolute atomic E-state index is 11.6. The lowest BCUT2D eigenvalue weighted by molar-refractivity contribution is -0.117. The molecule has 1 aliphatic heterocycles. The van der Waals surface area contributed by atoms with E-state index in [0.29, 0.717) is 22.3 Å². The molecule has 1 saturated heterocycles. The zero-order chi connectivity index (χ0) is 11.9. The Morgan fingerprint density at radius 1 is 1.38 bits per heavy atom. The van der Waals surface area contributed by atoms with Crippen LogP contribution in [0, 0.1) is 6.92 Å². The lowest BCUT2D eigenvalue weighted by Crippen LogP contribution is -2.25. The molecule has 3 nitrogen and oxygen atoms in total. The van der Waals surface area contributed by atoms with Crippen molar-refractivity contribution in [3.8, 4) is 0 Å². The Balaban J connectivity index is 2.41. The molecular formula is C11H11Cl2NO2. The van der Waals surface area contributed by atoms with E-state index < -0.39 is 6.10 Å². The number of β-amino-alcohol motifs (C(OH)–C–C–N with tert-alkyl or cyclic N) is 1. The predicted molar refractivity (Wildman–Crippen MR) is 64.2 cm³/mol. The number of carbonyl (C=O) groups excluding carboxylic acids is 1. The van der Waals surface area contributed by atoms with E-state index in [1.165, 1.54) is 4.90 Å². The lowest BCUT2D eigenvalue weighted by atomic mass is 10.2. The van der Waals surface area contributed by atoms with Gasteiger partial charge in [0.1, 0.15) is 0 Å². The molecule has 1 heterocycles. The van der Waals surface area contributed by atoms with Crippen LogP contribution in [0.25, 0.3) is 0 Å². The predicted octanol–water partition coefficient (Wildman–Crippen LogP) is 2.40. The second-order valence-electron chi connectivity index (χ2n) is 3.92. The van der Waals surface area contributed by atoms with Crippen LogP contribution in [0.4, 0.5) is 5.69 Å². The minimum absolute atomic E-state index is 0.115. The number of anilines is 1. The van der Waals surface area contributed by atoms with Gasteiger partial charge in [0.2, 0.25) is 5.91 Å². The fraction of sp³-hybridized carbons (Fsp3) is 0.364. The van der Waals surface area contributed by atoms with Crippen molar-refractivity contribution < 1.29 is 9.90 Å². The summed E-state index contributed by atoms with van der Waals surface area (Å²) in [6.45, 7) is 2.14. The zero-order valence-corrected chi connectivity index (χ0v) is 10.2. The first-order valence-electron chi connectivity index (χ1n) is 4.93. The maximum atomic E-state index is 11.6. The van der Waals surface area contributed by atoms with Crippen LogP contribution in [0.2, 0.25) is 10.0 Å². The van der Waals surface area contributed by atoms with Crippen molar-refractivity contribution in [2.45, 2.75) is 19.4 Å². The molecule has 1 atom stereocenters. The summed E-state index contributed by atoms with van der Waals surface area (Å²) in [4.78, 5) is 13.1. The molecule has 1 aromatic rings. The molecule has 1 unspecified atom stereocenters. The third kappa shape index (κ3) is 2.03. The molecule has 1 aliphatic rings. The van der Waals surface area contributed by atoms with Crippen LogP contribution >= 0.6 is 23.2 Å². The van der Waals surface area contributed by atoms with E-state index in [1.807, 2.05) is 6.92 Å². The number of hydrogen-bond donors (Lipinski definition) is 1. The van der Waals surface area contributed by atoms with Crippen molar-refractivity contribution >= 4 is 34.8 Å². The van der Waals surface area contributed by atoms with Crippen LogP contribution in [-0.4, -0.2) is 23.7 Å². The highest BCUT2D eigenvalue weighted by Gasteiger charge is 2.30. The van der Waals surface area contributed by atoms with Crippen molar-refractivity contribution in [2.75, 3.05) is 11.4 Å². The molecule has 2 rings (SSSR count). The third-order valence-electron chi connectivity index (χ3n) is 2.62. The SMILES string of the molecule is Cc1cc(N2CC(O)CC2=O)c(Cl)cc1Cl. The molecular weight excluding hydrogens is 249 g/mol. The summed E-state index contributed by atoms with van der Waals surface area (Å²) in [5, 5.41) is 10.4. The largest absolute Gasteiger partial charge is 0.391 e. The van der Waals surface area contributed by atoms with Gasteiger partial charge in [-0.2, -0.15) is 0 Å². The minimum Gasteiger partial charge on any atom is -0.391 e. The molecule has 1 aromatic carbocycles. The highest BCUT2D eigenvalue weighted by molar-refractivity contribution is 6.37. The molecule has 5 heteroatoms. The first-order chi connectivity index (χ1) is 7.49. The fourth-order valence-corrected chi connectivity index (χ4v) is 2.26. The highest BCUT2D eigenvalue weighted by Crippen LogP contribution is 2.33. The van der Waals surface area contributed by atoms with Crippen molar-refractivity contribution in [3.63, 3.8) is 0 Å². The fourth-order valence-electron chi connectivity index (χ4n) is 1.77. The monoisotopic (exact) mass is 259 g/mol. The van der Waals surface area contributed by atoms with E-state index in [1.54, 1.807) is 12.1 Å². The molecule has 0 aromatic heterocycles. The number of carbonyl (C=O) groups is 1. The van der Waals surface area contributed by atoms with Gasteiger partial charge in [0, 0.05) is 5.02 Å². The highest BCUT2D eigenvalue weighted by atomic mass is 35.5. The normalized spacial score (nSPS) is 20.6. The average Bonchev–Trinajstić information content (AvgIpc) is 2.51. The summed E-state index contributed by atoms with van der Waals surface area (Å²) in [6, 6.07) is 3.38. The quantitative estimate of drug-likeness (QED) is 0.842. The van der Waals surface area contributed by atoms with E-state index in [-0.39, 0.29) is 12.3 Å². The van der Waals surface area contributed by atoms with E-state index in [9.17, 15) is 9.90 Å². The van der Waals surface area contributed by atoms with E-state index in [0.717, 1.165) is 5.56 Å². The number of nitrogens with zero attached hydrogens (tertiary/aromatic N) is 1. The van der Waals surface area contributed by atoms with Gasteiger partial charge in [-0.15, -0.1) is 0 Å². The van der Waals surface area contributed by atoms with Crippen LogP contribution in [0.3, 0.4) is 0 Å². The van der Waals surface area contributed by atoms with Crippen LogP contribution < -0.4 is 4.90 Å². The molecule has 0 saturated carbocycles. The molecule has 1 N–H and O–H groups in total. The smallest absolute Gasteiger partial charge is 0.229 e. The molecule has 0 aliphatic carbocycles. The number of aliphatic hydroxyl groups excluding tert-OH is 1. The van der Waals surface area contributed by atoms with Gasteiger partial charge in [0.05, 0.1) is 29.8 Å². The molecule has 86 valence electrons. The second-order valence-corrected chi connectivity index (χ2v) is 4.73. The summed E-state index contributed by atoms with van der Waals surface area (Å²) in [5.41, 5.74) is 1.47. The molecule has 0 radical (unpaired) electrons. The number of halogens is 2. The second kappa shape index (κ2) is 4.24. The number of benzene rings is 1. The summed E-state index contributed by atoms with van der Waals surface area (Å²) in [7, 11) is 0. The van der Waals surface area contributed by atoms with Crippen LogP contribution in [0.5, 0.6) is 0 Å². The Labute approximate surface area is 104 Å². The van der Waals surface area contributed by atoms with E-state index in [4.69, 9.17) is 23.2 Å². The number of aliphatic hydroxyl groups is 1. The lowest BCUT2D eigenvalue weighted by Gasteiger charge is -2.18. The number of hydrogen-bond acceptors (Lipinski definition) is 2. The Hall–Kier alpha value is -0.770. The van der Waals surface area contributed by atoms with E-state index in [2.05, 4.69) is 0 Å². The topological polar surface area (TPSA) is 40.5 Å². The van der Waals surface area contributed by atoms with Gasteiger partial charge < -0.3 is 10.0 Å². The van der Waals surface area contributed by atoms with Crippen LogP contribution in [-0.2, 0) is 4.79 Å². The Bertz CT molecular complexity index is 448. The molecule has 1 fully saturated rings. The summed E-state index contributed by atoms with van der Waals surface area (Å²) in [6.07, 6.45) is -0.461. The molecule has 0 bridgehead atoms. The van der Waals surface area contributed by atoms with Crippen LogP contribution in [0.15, 0.2) is 12.1 Å². The zero-order valence-electron chi connectivity index (χ0n) is 8.70. The van der Waals surface area contributed by atoms with Gasteiger partial charge in [-0.25, -0.2) is 0 Å². The van der Waals surface area contributed by atoms with Gasteiger partial charge in [-0.05, 0) is 24.6 Å². The Morgan fingerprint density at radius 2 is 2.06 bits per heavy atom. The van der Waals surface area contributed by atoms with Gasteiger partial charge in [0.25, 0.3) is 0 Å². The van der Waals surface area contributed by atoms with Crippen LogP contribution in [0.1, 0.15) is 12.0 Å². The summed E-state index contributed by atoms with van der Waals surface area (Å²) in [5.74, 6) is -0.115. The van der Waals surface area contributed by atoms with E-state index >= 15 is 0 Å². The van der Waals surface area contributed by atoms with Gasteiger partial charge in [-0.1, -0.05) is 23.2 Å². The summed E-state index contributed by atoms with van der Waals surface area (Å²) >= 11 is 12.0. The number of aryl methyl sites for hydroxylation is 1. The maximum Gasteiger partial charge on any atom is 0.229 e. The average molecular weight is 260 g/mol. The Morgan fingerprint density at radius 3 is 2.62 bits per heavy atom.